The maximum atomic E-state index is 13.2. The largest absolute Gasteiger partial charge is 0.494 e. The Morgan fingerprint density at radius 1 is 1.03 bits per heavy atom. The summed E-state index contributed by atoms with van der Waals surface area (Å²) in [4.78, 5) is 30.5. The molecule has 8 nitrogen and oxygen atoms in total. The number of aromatic nitrogens is 2. The molecule has 0 aliphatic carbocycles. The molecule has 1 amide bonds. The number of carbonyl (C=O) groups is 1. The van der Waals surface area contributed by atoms with Crippen LogP contribution in [0.1, 0.15) is 27.2 Å². The van der Waals surface area contributed by atoms with Crippen LogP contribution in [0.25, 0.3) is 10.9 Å². The van der Waals surface area contributed by atoms with Crippen LogP contribution in [0.2, 0.25) is 0 Å². The van der Waals surface area contributed by atoms with Crippen molar-refractivity contribution >= 4 is 34.3 Å². The minimum Gasteiger partial charge on any atom is -0.494 e. The monoisotopic (exact) mass is 485 g/mol. The van der Waals surface area contributed by atoms with E-state index >= 15 is 0 Å². The third-order valence-corrected chi connectivity index (χ3v) is 5.88. The summed E-state index contributed by atoms with van der Waals surface area (Å²) in [6.07, 6.45) is 0.0854. The van der Waals surface area contributed by atoms with Gasteiger partial charge in [0.25, 0.3) is 5.56 Å². The van der Waals surface area contributed by atoms with Gasteiger partial charge < -0.3 is 19.5 Å². The van der Waals surface area contributed by atoms with Crippen LogP contribution in [0.5, 0.6) is 5.75 Å². The molecule has 182 valence electrons. The van der Waals surface area contributed by atoms with Gasteiger partial charge in [0, 0.05) is 31.9 Å². The molecule has 0 spiro atoms. The molecule has 1 heterocycles. The van der Waals surface area contributed by atoms with Crippen LogP contribution in [-0.4, -0.2) is 47.3 Å². The Balaban J connectivity index is 1.75. The number of anilines is 1. The van der Waals surface area contributed by atoms with E-state index in [0.717, 1.165) is 5.75 Å². The van der Waals surface area contributed by atoms with Gasteiger partial charge in [0.2, 0.25) is 5.91 Å². The van der Waals surface area contributed by atoms with Gasteiger partial charge in [-0.1, -0.05) is 23.9 Å². The Hall–Kier alpha value is -2.88. The minimum absolute atomic E-state index is 0.109. The third-order valence-electron chi connectivity index (χ3n) is 4.90. The summed E-state index contributed by atoms with van der Waals surface area (Å²) in [7, 11) is 0. The van der Waals surface area contributed by atoms with Crippen LogP contribution in [0, 0.1) is 0 Å². The molecule has 0 aliphatic heterocycles. The maximum absolute atomic E-state index is 13.2. The number of amides is 1. The van der Waals surface area contributed by atoms with Gasteiger partial charge in [0.1, 0.15) is 5.75 Å². The Kier molecular flexibility index (Phi) is 9.93. The molecular formula is C25H31N3O5S. The van der Waals surface area contributed by atoms with Crippen LogP contribution in [0.15, 0.2) is 58.5 Å². The first-order chi connectivity index (χ1) is 16.5. The summed E-state index contributed by atoms with van der Waals surface area (Å²) in [5.74, 6) is 0.666. The van der Waals surface area contributed by atoms with Crippen molar-refractivity contribution in [3.05, 3.63) is 58.9 Å². The Morgan fingerprint density at radius 2 is 1.74 bits per heavy atom. The SMILES string of the molecule is CCOc1ccc(NC(=O)CSc2nc3ccccc3c(=O)n2CCC(OCC)OCC)cc1. The summed E-state index contributed by atoms with van der Waals surface area (Å²) < 4.78 is 18.3. The fraction of sp³-hybridized carbons (Fsp3) is 0.400. The Bertz CT molecular complexity index is 1130. The van der Waals surface area contributed by atoms with Crippen LogP contribution < -0.4 is 15.6 Å². The number of hydrogen-bond donors (Lipinski definition) is 1. The highest BCUT2D eigenvalue weighted by Gasteiger charge is 2.16. The second-order valence-corrected chi connectivity index (χ2v) is 8.23. The lowest BCUT2D eigenvalue weighted by molar-refractivity contribution is -0.141. The predicted molar refractivity (Wildman–Crippen MR) is 135 cm³/mol. The fourth-order valence-electron chi connectivity index (χ4n) is 3.40. The van der Waals surface area contributed by atoms with E-state index in [9.17, 15) is 9.59 Å². The van der Waals surface area contributed by atoms with Crippen LogP contribution in [0.4, 0.5) is 5.69 Å². The zero-order valence-electron chi connectivity index (χ0n) is 19.8. The predicted octanol–water partition coefficient (Wildman–Crippen LogP) is 4.32. The molecule has 0 radical (unpaired) electrons. The second-order valence-electron chi connectivity index (χ2n) is 7.29. The number of hydrogen-bond acceptors (Lipinski definition) is 7. The molecule has 0 saturated heterocycles. The van der Waals surface area contributed by atoms with Gasteiger partial charge in [-0.3, -0.25) is 14.2 Å². The average Bonchev–Trinajstić information content (AvgIpc) is 2.84. The van der Waals surface area contributed by atoms with E-state index in [1.807, 2.05) is 45.0 Å². The normalized spacial score (nSPS) is 11.2. The number of fused-ring (bicyclic) bond motifs is 1. The lowest BCUT2D eigenvalue weighted by Gasteiger charge is -2.19. The number of nitrogens with one attached hydrogen (secondary N) is 1. The molecule has 0 unspecified atom stereocenters. The molecule has 0 saturated carbocycles. The van der Waals surface area contributed by atoms with Gasteiger partial charge in [0.05, 0.1) is 23.3 Å². The minimum atomic E-state index is -0.408. The highest BCUT2D eigenvalue weighted by molar-refractivity contribution is 7.99. The van der Waals surface area contributed by atoms with Crippen molar-refractivity contribution in [2.24, 2.45) is 0 Å². The standard InChI is InChI=1S/C25H31N3O5S/c1-4-31-19-13-11-18(12-14-19)26-22(29)17-34-25-27-21-10-8-7-9-20(21)24(30)28(25)16-15-23(32-5-2)33-6-3/h7-14,23H,4-6,15-17H2,1-3H3,(H,26,29). The van der Waals surface area contributed by atoms with E-state index in [0.29, 0.717) is 54.5 Å². The molecule has 9 heteroatoms. The van der Waals surface area contributed by atoms with E-state index < -0.39 is 6.29 Å². The van der Waals surface area contributed by atoms with E-state index in [1.165, 1.54) is 11.8 Å². The Morgan fingerprint density at radius 3 is 2.41 bits per heavy atom. The number of ether oxygens (including phenoxy) is 3. The van der Waals surface area contributed by atoms with Crippen molar-refractivity contribution in [2.45, 2.75) is 45.2 Å². The van der Waals surface area contributed by atoms with E-state index in [-0.39, 0.29) is 17.2 Å². The molecule has 0 fully saturated rings. The van der Waals surface area contributed by atoms with Gasteiger partial charge in [-0.15, -0.1) is 0 Å². The van der Waals surface area contributed by atoms with Gasteiger partial charge in [-0.05, 0) is 57.2 Å². The van der Waals surface area contributed by atoms with E-state index in [2.05, 4.69) is 10.3 Å². The average molecular weight is 486 g/mol. The number of thioether (sulfide) groups is 1. The molecule has 0 atom stereocenters. The second kappa shape index (κ2) is 13.1. The number of para-hydroxylation sites is 1. The molecule has 2 aromatic carbocycles. The summed E-state index contributed by atoms with van der Waals surface area (Å²) in [5.41, 5.74) is 1.13. The van der Waals surface area contributed by atoms with Gasteiger partial charge in [-0.2, -0.15) is 0 Å². The first kappa shape index (κ1) is 25.7. The molecule has 3 rings (SSSR count). The summed E-state index contributed by atoms with van der Waals surface area (Å²) in [5, 5.41) is 3.89. The molecular weight excluding hydrogens is 454 g/mol. The van der Waals surface area contributed by atoms with E-state index in [4.69, 9.17) is 14.2 Å². The first-order valence-electron chi connectivity index (χ1n) is 11.4. The highest BCUT2D eigenvalue weighted by atomic mass is 32.2. The molecule has 1 aromatic heterocycles. The van der Waals surface area contributed by atoms with Crippen molar-refractivity contribution in [1.82, 2.24) is 9.55 Å². The van der Waals surface area contributed by atoms with Crippen molar-refractivity contribution < 1.29 is 19.0 Å². The molecule has 1 N–H and O–H groups in total. The first-order valence-corrected chi connectivity index (χ1v) is 12.4. The molecule has 34 heavy (non-hydrogen) atoms. The summed E-state index contributed by atoms with van der Waals surface area (Å²) in [6, 6.07) is 14.4. The van der Waals surface area contributed by atoms with Crippen molar-refractivity contribution in [3.8, 4) is 5.75 Å². The maximum Gasteiger partial charge on any atom is 0.262 e. The van der Waals surface area contributed by atoms with Gasteiger partial charge in [0.15, 0.2) is 11.4 Å². The van der Waals surface area contributed by atoms with Crippen molar-refractivity contribution in [1.29, 1.82) is 0 Å². The quantitative estimate of drug-likeness (QED) is 0.219. The Labute approximate surface area is 203 Å². The number of nitrogens with zero attached hydrogens (tertiary/aromatic N) is 2. The van der Waals surface area contributed by atoms with Crippen LogP contribution in [0.3, 0.4) is 0 Å². The molecule has 3 aromatic rings. The van der Waals surface area contributed by atoms with Gasteiger partial charge in [-0.25, -0.2) is 4.98 Å². The smallest absolute Gasteiger partial charge is 0.262 e. The topological polar surface area (TPSA) is 91.7 Å². The lowest BCUT2D eigenvalue weighted by atomic mass is 10.2. The highest BCUT2D eigenvalue weighted by Crippen LogP contribution is 2.20. The molecule has 0 bridgehead atoms. The third kappa shape index (κ3) is 7.06. The van der Waals surface area contributed by atoms with Crippen LogP contribution in [-0.2, 0) is 20.8 Å². The number of benzene rings is 2. The number of carbonyl (C=O) groups excluding carboxylic acids is 1. The summed E-state index contributed by atoms with van der Waals surface area (Å²) in [6.45, 7) is 7.70. The van der Waals surface area contributed by atoms with E-state index in [1.54, 1.807) is 28.8 Å². The zero-order valence-corrected chi connectivity index (χ0v) is 20.6. The number of rotatable bonds is 13. The van der Waals surface area contributed by atoms with Gasteiger partial charge >= 0.3 is 0 Å². The molecule has 0 aliphatic rings. The van der Waals surface area contributed by atoms with Crippen molar-refractivity contribution in [2.75, 3.05) is 30.9 Å². The summed E-state index contributed by atoms with van der Waals surface area (Å²) >= 11 is 1.23. The fourth-order valence-corrected chi connectivity index (χ4v) is 4.23. The zero-order chi connectivity index (χ0) is 24.3. The lowest BCUT2D eigenvalue weighted by Crippen LogP contribution is -2.27. The van der Waals surface area contributed by atoms with Crippen LogP contribution >= 0.6 is 11.8 Å². The van der Waals surface area contributed by atoms with Crippen molar-refractivity contribution in [3.63, 3.8) is 0 Å².